The van der Waals surface area contributed by atoms with Crippen molar-refractivity contribution in [3.05, 3.63) is 0 Å². The monoisotopic (exact) mass is 258 g/mol. The average Bonchev–Trinajstić information content (AvgIpc) is 3.21. The molecular weight excluding hydrogens is 234 g/mol. The molecule has 4 unspecified atom stereocenters. The first kappa shape index (κ1) is 12.8. The van der Waals surface area contributed by atoms with Gasteiger partial charge in [0.15, 0.2) is 6.17 Å². The van der Waals surface area contributed by atoms with Gasteiger partial charge in [-0.25, -0.2) is 8.78 Å². The van der Waals surface area contributed by atoms with Crippen LogP contribution in [-0.2, 0) is 0 Å². The maximum atomic E-state index is 14.0. The summed E-state index contributed by atoms with van der Waals surface area (Å²) in [5, 5.41) is 9.37. The lowest BCUT2D eigenvalue weighted by Gasteiger charge is -2.40. The minimum atomic E-state index is -1.65. The highest BCUT2D eigenvalue weighted by atomic mass is 19.2. The lowest BCUT2D eigenvalue weighted by molar-refractivity contribution is -0.0550. The van der Waals surface area contributed by atoms with Gasteiger partial charge in [0.05, 0.1) is 6.10 Å². The van der Waals surface area contributed by atoms with Crippen LogP contribution in [0.1, 0.15) is 51.4 Å². The Morgan fingerprint density at radius 2 is 1.11 bits per heavy atom. The van der Waals surface area contributed by atoms with E-state index in [0.717, 1.165) is 24.7 Å². The standard InChI is InChI=1S/C15H24F2O/c16-14-12(7-8-13(18)15(14)17)11-5-3-10(4-6-11)9-1-2-9/h9-15,18H,1-8H2. The van der Waals surface area contributed by atoms with E-state index in [1.165, 1.54) is 25.7 Å². The summed E-state index contributed by atoms with van der Waals surface area (Å²) >= 11 is 0. The fourth-order valence-electron chi connectivity index (χ4n) is 4.24. The van der Waals surface area contributed by atoms with Crippen LogP contribution in [0.2, 0.25) is 0 Å². The normalized spacial score (nSPS) is 50.2. The van der Waals surface area contributed by atoms with Crippen molar-refractivity contribution in [2.45, 2.75) is 69.8 Å². The highest BCUT2D eigenvalue weighted by Crippen LogP contribution is 2.48. The molecule has 3 aliphatic carbocycles. The Morgan fingerprint density at radius 1 is 0.611 bits per heavy atom. The highest BCUT2D eigenvalue weighted by molar-refractivity contribution is 4.93. The van der Waals surface area contributed by atoms with Crippen LogP contribution in [0.5, 0.6) is 0 Å². The molecule has 3 fully saturated rings. The maximum Gasteiger partial charge on any atom is 0.157 e. The Labute approximate surface area is 108 Å². The van der Waals surface area contributed by atoms with Gasteiger partial charge < -0.3 is 5.11 Å². The van der Waals surface area contributed by atoms with Crippen molar-refractivity contribution in [2.24, 2.45) is 23.7 Å². The second-order valence-electron chi connectivity index (χ2n) is 6.71. The fraction of sp³-hybridized carbons (Fsp3) is 1.00. The van der Waals surface area contributed by atoms with Crippen LogP contribution in [0.15, 0.2) is 0 Å². The van der Waals surface area contributed by atoms with E-state index in [1.54, 1.807) is 0 Å². The molecule has 0 spiro atoms. The summed E-state index contributed by atoms with van der Waals surface area (Å²) in [5.41, 5.74) is 0. The highest BCUT2D eigenvalue weighted by Gasteiger charge is 2.44. The van der Waals surface area contributed by atoms with Gasteiger partial charge in [-0.05, 0) is 75.0 Å². The second-order valence-corrected chi connectivity index (χ2v) is 6.71. The molecule has 0 amide bonds. The van der Waals surface area contributed by atoms with Crippen LogP contribution in [0, 0.1) is 23.7 Å². The molecule has 1 nitrogen and oxygen atoms in total. The van der Waals surface area contributed by atoms with E-state index in [0.29, 0.717) is 18.8 Å². The smallest absolute Gasteiger partial charge is 0.157 e. The molecule has 18 heavy (non-hydrogen) atoms. The molecule has 3 saturated carbocycles. The first-order valence-corrected chi connectivity index (χ1v) is 7.63. The molecular formula is C15H24F2O. The Bertz CT molecular complexity index is 284. The van der Waals surface area contributed by atoms with Crippen molar-refractivity contribution >= 4 is 0 Å². The van der Waals surface area contributed by atoms with Crippen LogP contribution in [0.4, 0.5) is 8.78 Å². The average molecular weight is 258 g/mol. The van der Waals surface area contributed by atoms with Crippen molar-refractivity contribution in [2.75, 3.05) is 0 Å². The quantitative estimate of drug-likeness (QED) is 0.801. The van der Waals surface area contributed by atoms with E-state index < -0.39 is 18.4 Å². The molecule has 1 N–H and O–H groups in total. The first-order valence-electron chi connectivity index (χ1n) is 7.63. The van der Waals surface area contributed by atoms with Crippen molar-refractivity contribution in [1.82, 2.24) is 0 Å². The number of aliphatic hydroxyl groups is 1. The lowest BCUT2D eigenvalue weighted by Crippen LogP contribution is -2.44. The summed E-state index contributed by atoms with van der Waals surface area (Å²) in [6.45, 7) is 0. The molecule has 0 bridgehead atoms. The fourth-order valence-corrected chi connectivity index (χ4v) is 4.24. The summed E-state index contributed by atoms with van der Waals surface area (Å²) in [6, 6.07) is 0. The predicted molar refractivity (Wildman–Crippen MR) is 66.7 cm³/mol. The molecule has 0 heterocycles. The van der Waals surface area contributed by atoms with Gasteiger partial charge in [-0.15, -0.1) is 0 Å². The van der Waals surface area contributed by atoms with Crippen molar-refractivity contribution in [3.8, 4) is 0 Å². The van der Waals surface area contributed by atoms with Gasteiger partial charge in [-0.2, -0.15) is 0 Å². The largest absolute Gasteiger partial charge is 0.390 e. The van der Waals surface area contributed by atoms with Gasteiger partial charge in [0, 0.05) is 0 Å². The third-order valence-corrected chi connectivity index (χ3v) is 5.59. The Kier molecular flexibility index (Phi) is 3.61. The molecule has 3 rings (SSSR count). The number of hydrogen-bond donors (Lipinski definition) is 1. The van der Waals surface area contributed by atoms with Crippen LogP contribution >= 0.6 is 0 Å². The zero-order valence-electron chi connectivity index (χ0n) is 10.9. The molecule has 0 aliphatic heterocycles. The summed E-state index contributed by atoms with van der Waals surface area (Å²) < 4.78 is 27.6. The minimum absolute atomic E-state index is 0.136. The predicted octanol–water partition coefficient (Wildman–Crippen LogP) is 3.65. The number of hydrogen-bond acceptors (Lipinski definition) is 1. The van der Waals surface area contributed by atoms with E-state index in [2.05, 4.69) is 0 Å². The minimum Gasteiger partial charge on any atom is -0.390 e. The number of halogens is 2. The van der Waals surface area contributed by atoms with E-state index >= 15 is 0 Å². The van der Waals surface area contributed by atoms with E-state index in [-0.39, 0.29) is 5.92 Å². The van der Waals surface area contributed by atoms with Gasteiger partial charge in [0.2, 0.25) is 0 Å². The van der Waals surface area contributed by atoms with Crippen molar-refractivity contribution in [3.63, 3.8) is 0 Å². The third kappa shape index (κ3) is 2.43. The third-order valence-electron chi connectivity index (χ3n) is 5.59. The van der Waals surface area contributed by atoms with Crippen molar-refractivity contribution in [1.29, 1.82) is 0 Å². The zero-order valence-corrected chi connectivity index (χ0v) is 10.9. The molecule has 3 aliphatic rings. The van der Waals surface area contributed by atoms with Gasteiger partial charge in [0.1, 0.15) is 6.17 Å². The van der Waals surface area contributed by atoms with Crippen LogP contribution in [-0.4, -0.2) is 23.6 Å². The topological polar surface area (TPSA) is 20.2 Å². The summed E-state index contributed by atoms with van der Waals surface area (Å²) in [5.74, 6) is 2.05. The first-order chi connectivity index (χ1) is 8.66. The molecule has 104 valence electrons. The number of rotatable bonds is 2. The molecule has 0 aromatic rings. The van der Waals surface area contributed by atoms with Gasteiger partial charge >= 0.3 is 0 Å². The Morgan fingerprint density at radius 3 is 1.67 bits per heavy atom. The van der Waals surface area contributed by atoms with Crippen LogP contribution in [0.25, 0.3) is 0 Å². The summed E-state index contributed by atoms with van der Waals surface area (Å²) in [4.78, 5) is 0. The molecule has 0 aromatic heterocycles. The Hall–Kier alpha value is -0.180. The second kappa shape index (κ2) is 5.07. The SMILES string of the molecule is OC1CCC(C2CCC(C3CC3)CC2)C(F)C1F. The summed E-state index contributed by atoms with van der Waals surface area (Å²) in [6.07, 6.45) is 4.34. The van der Waals surface area contributed by atoms with Crippen LogP contribution in [0.3, 0.4) is 0 Å². The van der Waals surface area contributed by atoms with E-state index in [4.69, 9.17) is 0 Å². The van der Waals surface area contributed by atoms with Gasteiger partial charge in [-0.1, -0.05) is 0 Å². The van der Waals surface area contributed by atoms with Gasteiger partial charge in [-0.3, -0.25) is 0 Å². The van der Waals surface area contributed by atoms with Gasteiger partial charge in [0.25, 0.3) is 0 Å². The number of alkyl halides is 2. The van der Waals surface area contributed by atoms with Crippen molar-refractivity contribution < 1.29 is 13.9 Å². The maximum absolute atomic E-state index is 14.0. The molecule has 3 heteroatoms. The molecule has 0 aromatic carbocycles. The Balaban J connectivity index is 1.55. The van der Waals surface area contributed by atoms with Crippen LogP contribution < -0.4 is 0 Å². The lowest BCUT2D eigenvalue weighted by atomic mass is 9.68. The van der Waals surface area contributed by atoms with E-state index in [1.807, 2.05) is 0 Å². The molecule has 0 radical (unpaired) electrons. The molecule has 0 saturated heterocycles. The number of aliphatic hydroxyl groups excluding tert-OH is 1. The van der Waals surface area contributed by atoms with E-state index in [9.17, 15) is 13.9 Å². The molecule has 4 atom stereocenters. The summed E-state index contributed by atoms with van der Waals surface area (Å²) in [7, 11) is 0. The zero-order chi connectivity index (χ0) is 12.7.